The number of nitrogens with one attached hydrogen (secondary N) is 1. The van der Waals surface area contributed by atoms with Crippen LogP contribution in [0.15, 0.2) is 71.6 Å². The van der Waals surface area contributed by atoms with E-state index in [0.29, 0.717) is 32.7 Å². The van der Waals surface area contributed by atoms with E-state index in [4.69, 9.17) is 34.8 Å². The number of amides is 2. The van der Waals surface area contributed by atoms with E-state index in [1.807, 2.05) is 13.8 Å². The minimum absolute atomic E-state index is 0.00579. The molecule has 3 aromatic rings. The van der Waals surface area contributed by atoms with Crippen LogP contribution in [0.2, 0.25) is 15.1 Å². The van der Waals surface area contributed by atoms with Crippen molar-refractivity contribution in [3.63, 3.8) is 0 Å². The minimum atomic E-state index is -4.19. The number of carbonyl (C=O) groups excluding carboxylic acids is 2. The van der Waals surface area contributed by atoms with Gasteiger partial charge in [-0.2, -0.15) is 0 Å². The molecule has 1 saturated carbocycles. The normalized spacial score (nSPS) is 14.6. The number of carbonyl (C=O) groups is 2. The standard InChI is InChI=1S/C32H36Cl3N3O4S/c1-3-30(32(40)36-26-7-5-4-6-8-26)37(20-23-11-12-25(34)19-29(23)35)31(39)21-38(27-15-9-22(2)10-16-27)43(41,42)28-17-13-24(33)14-18-28/h9-19,26,30H,3-8,20-21H2,1-2H3,(H,36,40)/t30-/m0/s1. The van der Waals surface area contributed by atoms with E-state index >= 15 is 0 Å². The molecule has 1 aliphatic carbocycles. The number of anilines is 1. The van der Waals surface area contributed by atoms with E-state index in [1.54, 1.807) is 42.5 Å². The van der Waals surface area contributed by atoms with Gasteiger partial charge in [-0.15, -0.1) is 0 Å². The van der Waals surface area contributed by atoms with Gasteiger partial charge >= 0.3 is 0 Å². The van der Waals surface area contributed by atoms with Crippen molar-refractivity contribution in [2.75, 3.05) is 10.8 Å². The average Bonchev–Trinajstić information content (AvgIpc) is 2.98. The van der Waals surface area contributed by atoms with Crippen molar-refractivity contribution in [3.8, 4) is 0 Å². The quantitative estimate of drug-likeness (QED) is 0.231. The maximum atomic E-state index is 14.3. The van der Waals surface area contributed by atoms with Crippen LogP contribution < -0.4 is 9.62 Å². The monoisotopic (exact) mass is 663 g/mol. The molecule has 2 amide bonds. The van der Waals surface area contributed by atoms with Gasteiger partial charge in [-0.3, -0.25) is 13.9 Å². The first-order valence-electron chi connectivity index (χ1n) is 14.4. The maximum absolute atomic E-state index is 14.3. The lowest BCUT2D eigenvalue weighted by atomic mass is 9.95. The van der Waals surface area contributed by atoms with Crippen molar-refractivity contribution in [2.24, 2.45) is 0 Å². The number of rotatable bonds is 11. The molecule has 1 N–H and O–H groups in total. The molecule has 1 fully saturated rings. The highest BCUT2D eigenvalue weighted by Crippen LogP contribution is 2.28. The van der Waals surface area contributed by atoms with Crippen LogP contribution in [0.3, 0.4) is 0 Å². The van der Waals surface area contributed by atoms with Gasteiger partial charge in [0.1, 0.15) is 12.6 Å². The van der Waals surface area contributed by atoms with Gasteiger partial charge < -0.3 is 10.2 Å². The third-order valence-corrected chi connectivity index (χ3v) is 10.3. The summed E-state index contributed by atoms with van der Waals surface area (Å²) in [5.41, 5.74) is 1.84. The van der Waals surface area contributed by atoms with Crippen LogP contribution in [-0.2, 0) is 26.2 Å². The van der Waals surface area contributed by atoms with Gasteiger partial charge in [-0.1, -0.05) is 84.8 Å². The molecule has 230 valence electrons. The number of nitrogens with zero attached hydrogens (tertiary/aromatic N) is 2. The number of benzene rings is 3. The Labute approximate surface area is 269 Å². The molecule has 0 spiro atoms. The first kappa shape index (κ1) is 33.1. The summed E-state index contributed by atoms with van der Waals surface area (Å²) in [7, 11) is -4.19. The van der Waals surface area contributed by atoms with Crippen LogP contribution in [0, 0.1) is 6.92 Å². The van der Waals surface area contributed by atoms with E-state index in [0.717, 1.165) is 42.0 Å². The molecule has 11 heteroatoms. The number of aryl methyl sites for hydroxylation is 1. The lowest BCUT2D eigenvalue weighted by Gasteiger charge is -2.34. The van der Waals surface area contributed by atoms with Gasteiger partial charge in [0.25, 0.3) is 10.0 Å². The van der Waals surface area contributed by atoms with E-state index in [-0.39, 0.29) is 23.4 Å². The lowest BCUT2D eigenvalue weighted by Crippen LogP contribution is -2.54. The first-order valence-corrected chi connectivity index (χ1v) is 17.0. The van der Waals surface area contributed by atoms with Crippen LogP contribution >= 0.6 is 34.8 Å². The van der Waals surface area contributed by atoms with Crippen molar-refractivity contribution in [2.45, 2.75) is 75.9 Å². The summed E-state index contributed by atoms with van der Waals surface area (Å²) >= 11 is 18.6. The molecule has 0 bridgehead atoms. The fraction of sp³-hybridized carbons (Fsp3) is 0.375. The summed E-state index contributed by atoms with van der Waals surface area (Å²) < 4.78 is 29.0. The summed E-state index contributed by atoms with van der Waals surface area (Å²) in [5, 5.41) is 4.31. The SMILES string of the molecule is CC[C@@H](C(=O)NC1CCCCC1)N(Cc1ccc(Cl)cc1Cl)C(=O)CN(c1ccc(C)cc1)S(=O)(=O)c1ccc(Cl)cc1. The lowest BCUT2D eigenvalue weighted by molar-refractivity contribution is -0.140. The average molecular weight is 665 g/mol. The molecule has 3 aromatic carbocycles. The Balaban J connectivity index is 1.72. The zero-order valence-corrected chi connectivity index (χ0v) is 27.3. The van der Waals surface area contributed by atoms with E-state index < -0.39 is 28.5 Å². The molecular formula is C32H36Cl3N3O4S. The molecular weight excluding hydrogens is 629 g/mol. The Kier molecular flexibility index (Phi) is 11.4. The molecule has 0 saturated heterocycles. The Morgan fingerprint density at radius 1 is 0.907 bits per heavy atom. The van der Waals surface area contributed by atoms with Gasteiger partial charge in [0.05, 0.1) is 10.6 Å². The summed E-state index contributed by atoms with van der Waals surface area (Å²) in [6, 6.07) is 16.8. The molecule has 4 rings (SSSR count). The first-order chi connectivity index (χ1) is 20.5. The highest BCUT2D eigenvalue weighted by atomic mass is 35.5. The highest BCUT2D eigenvalue weighted by Gasteiger charge is 2.34. The van der Waals surface area contributed by atoms with Crippen LogP contribution in [0.4, 0.5) is 5.69 Å². The zero-order chi connectivity index (χ0) is 31.1. The minimum Gasteiger partial charge on any atom is -0.352 e. The Bertz CT molecular complexity index is 1530. The third-order valence-electron chi connectivity index (χ3n) is 7.70. The summed E-state index contributed by atoms with van der Waals surface area (Å²) in [4.78, 5) is 29.3. The van der Waals surface area contributed by atoms with Crippen LogP contribution in [0.5, 0.6) is 0 Å². The van der Waals surface area contributed by atoms with Gasteiger partial charge in [-0.25, -0.2) is 8.42 Å². The van der Waals surface area contributed by atoms with E-state index in [9.17, 15) is 18.0 Å². The molecule has 43 heavy (non-hydrogen) atoms. The highest BCUT2D eigenvalue weighted by molar-refractivity contribution is 7.92. The predicted molar refractivity (Wildman–Crippen MR) is 173 cm³/mol. The van der Waals surface area contributed by atoms with Crippen molar-refractivity contribution >= 4 is 62.3 Å². The molecule has 1 atom stereocenters. The summed E-state index contributed by atoms with van der Waals surface area (Å²) in [6.07, 6.45) is 5.32. The van der Waals surface area contributed by atoms with Gasteiger partial charge in [0.2, 0.25) is 11.8 Å². The molecule has 0 aromatic heterocycles. The third kappa shape index (κ3) is 8.44. The Hall–Kier alpha value is -2.78. The number of hydrogen-bond acceptors (Lipinski definition) is 4. The smallest absolute Gasteiger partial charge is 0.264 e. The van der Waals surface area contributed by atoms with Crippen molar-refractivity contribution < 1.29 is 18.0 Å². The van der Waals surface area contributed by atoms with Crippen LogP contribution in [0.25, 0.3) is 0 Å². The topological polar surface area (TPSA) is 86.8 Å². The molecule has 0 aliphatic heterocycles. The van der Waals surface area contributed by atoms with Crippen LogP contribution in [-0.4, -0.2) is 43.8 Å². The second kappa shape index (κ2) is 14.8. The number of halogens is 3. The molecule has 0 radical (unpaired) electrons. The maximum Gasteiger partial charge on any atom is 0.264 e. The number of sulfonamides is 1. The fourth-order valence-corrected chi connectivity index (χ4v) is 7.28. The second-order valence-corrected chi connectivity index (χ2v) is 14.0. The Morgan fingerprint density at radius 2 is 1.53 bits per heavy atom. The molecule has 0 unspecified atom stereocenters. The van der Waals surface area contributed by atoms with Gasteiger partial charge in [0, 0.05) is 27.7 Å². The van der Waals surface area contributed by atoms with Gasteiger partial charge in [-0.05, 0) is 80.3 Å². The second-order valence-electron chi connectivity index (χ2n) is 10.8. The van der Waals surface area contributed by atoms with Crippen molar-refractivity contribution in [3.05, 3.63) is 92.9 Å². The van der Waals surface area contributed by atoms with E-state index in [1.165, 1.54) is 29.2 Å². The fourth-order valence-electron chi connectivity index (χ4n) is 5.27. The molecule has 0 heterocycles. The van der Waals surface area contributed by atoms with Crippen molar-refractivity contribution in [1.82, 2.24) is 10.2 Å². The summed E-state index contributed by atoms with van der Waals surface area (Å²) in [5.74, 6) is -0.815. The largest absolute Gasteiger partial charge is 0.352 e. The van der Waals surface area contributed by atoms with Crippen molar-refractivity contribution in [1.29, 1.82) is 0 Å². The van der Waals surface area contributed by atoms with Crippen LogP contribution in [0.1, 0.15) is 56.6 Å². The number of hydrogen-bond donors (Lipinski definition) is 1. The van der Waals surface area contributed by atoms with E-state index in [2.05, 4.69) is 5.32 Å². The summed E-state index contributed by atoms with van der Waals surface area (Å²) in [6.45, 7) is 3.18. The zero-order valence-electron chi connectivity index (χ0n) is 24.2. The Morgan fingerprint density at radius 3 is 2.14 bits per heavy atom. The molecule has 1 aliphatic rings. The predicted octanol–water partition coefficient (Wildman–Crippen LogP) is 7.41. The molecule has 7 nitrogen and oxygen atoms in total. The van der Waals surface area contributed by atoms with Gasteiger partial charge in [0.15, 0.2) is 0 Å².